The second kappa shape index (κ2) is 6.41. The molecule has 1 saturated heterocycles. The van der Waals surface area contributed by atoms with Gasteiger partial charge in [-0.15, -0.1) is 0 Å². The van der Waals surface area contributed by atoms with Crippen molar-refractivity contribution in [1.29, 1.82) is 0 Å². The molecule has 4 atom stereocenters. The molecule has 1 aliphatic rings. The molecule has 4 N–H and O–H groups in total. The average Bonchev–Trinajstić information content (AvgIpc) is 3.34. The Labute approximate surface area is 141 Å². The van der Waals surface area contributed by atoms with E-state index in [1.807, 2.05) is 6.07 Å². The molecular formula is C15H17N5O5. The summed E-state index contributed by atoms with van der Waals surface area (Å²) in [5.41, 5.74) is 0.929. The van der Waals surface area contributed by atoms with E-state index in [0.29, 0.717) is 23.5 Å². The number of nitrogens with zero attached hydrogens (tertiary/aromatic N) is 4. The summed E-state index contributed by atoms with van der Waals surface area (Å²) < 4.78 is 12.3. The minimum atomic E-state index is -1.20. The van der Waals surface area contributed by atoms with Gasteiger partial charge in [-0.1, -0.05) is 0 Å². The molecule has 25 heavy (non-hydrogen) atoms. The van der Waals surface area contributed by atoms with E-state index in [1.54, 1.807) is 12.3 Å². The third kappa shape index (κ3) is 2.74. The number of hydrogen-bond acceptors (Lipinski definition) is 9. The molecule has 0 aromatic carbocycles. The maximum absolute atomic E-state index is 10.2. The Balaban J connectivity index is 1.63. The molecule has 0 radical (unpaired) electrons. The molecule has 0 aliphatic carbocycles. The molecule has 132 valence electrons. The molecule has 3 aromatic rings. The van der Waals surface area contributed by atoms with Gasteiger partial charge in [0.05, 0.1) is 25.7 Å². The Morgan fingerprint density at radius 3 is 2.80 bits per heavy atom. The molecule has 0 amide bonds. The van der Waals surface area contributed by atoms with Crippen molar-refractivity contribution in [3.05, 3.63) is 36.8 Å². The maximum Gasteiger partial charge on any atom is 0.167 e. The van der Waals surface area contributed by atoms with Crippen LogP contribution in [0.1, 0.15) is 12.0 Å². The zero-order chi connectivity index (χ0) is 17.4. The Hall–Kier alpha value is -2.53. The number of aliphatic hydroxyl groups excluding tert-OH is 3. The lowest BCUT2D eigenvalue weighted by Gasteiger charge is -2.16. The van der Waals surface area contributed by atoms with Crippen molar-refractivity contribution >= 4 is 17.0 Å². The van der Waals surface area contributed by atoms with Crippen molar-refractivity contribution in [2.75, 3.05) is 11.9 Å². The lowest BCUT2D eigenvalue weighted by molar-refractivity contribution is -0.0511. The monoisotopic (exact) mass is 347 g/mol. The molecule has 4 rings (SSSR count). The average molecular weight is 347 g/mol. The number of aromatic nitrogens is 4. The first-order valence-corrected chi connectivity index (χ1v) is 7.75. The smallest absolute Gasteiger partial charge is 0.167 e. The zero-order valence-electron chi connectivity index (χ0n) is 13.1. The fraction of sp³-hybridized carbons (Fsp3) is 0.400. The summed E-state index contributed by atoms with van der Waals surface area (Å²) in [6, 6.07) is 3.63. The van der Waals surface area contributed by atoms with Gasteiger partial charge in [0.2, 0.25) is 0 Å². The highest BCUT2D eigenvalue weighted by molar-refractivity contribution is 5.82. The lowest BCUT2D eigenvalue weighted by atomic mass is 10.1. The van der Waals surface area contributed by atoms with E-state index in [2.05, 4.69) is 20.3 Å². The number of ether oxygens (including phenoxy) is 1. The summed E-state index contributed by atoms with van der Waals surface area (Å²) in [6.45, 7) is 0.0338. The van der Waals surface area contributed by atoms with E-state index < -0.39 is 31.1 Å². The van der Waals surface area contributed by atoms with Crippen LogP contribution in [-0.2, 0) is 11.3 Å². The third-order valence-electron chi connectivity index (χ3n) is 4.16. The number of imidazole rings is 1. The van der Waals surface area contributed by atoms with Gasteiger partial charge in [-0.25, -0.2) is 15.0 Å². The van der Waals surface area contributed by atoms with Crippen LogP contribution in [0.3, 0.4) is 0 Å². The van der Waals surface area contributed by atoms with Gasteiger partial charge in [-0.2, -0.15) is 0 Å². The minimum absolute atomic E-state index is 0.397. The van der Waals surface area contributed by atoms with Crippen molar-refractivity contribution in [1.82, 2.24) is 19.5 Å². The van der Waals surface area contributed by atoms with Gasteiger partial charge in [0.25, 0.3) is 0 Å². The van der Waals surface area contributed by atoms with Crippen LogP contribution in [0.2, 0.25) is 0 Å². The summed E-state index contributed by atoms with van der Waals surface area (Å²) >= 11 is 0. The number of furan rings is 1. The van der Waals surface area contributed by atoms with Crippen LogP contribution in [0.4, 0.5) is 5.82 Å². The largest absolute Gasteiger partial charge is 0.467 e. The second-order valence-electron chi connectivity index (χ2n) is 5.71. The van der Waals surface area contributed by atoms with E-state index >= 15 is 0 Å². The molecule has 0 bridgehead atoms. The summed E-state index contributed by atoms with van der Waals surface area (Å²) in [6.07, 6.45) is 0.253. The van der Waals surface area contributed by atoms with E-state index in [-0.39, 0.29) is 0 Å². The predicted octanol–water partition coefficient (Wildman–Crippen LogP) is -0.357. The number of nitrogens with one attached hydrogen (secondary N) is 1. The highest BCUT2D eigenvalue weighted by Crippen LogP contribution is 2.32. The molecule has 4 heterocycles. The molecule has 4 unspecified atom stereocenters. The zero-order valence-corrected chi connectivity index (χ0v) is 13.1. The summed E-state index contributed by atoms with van der Waals surface area (Å²) in [5, 5.41) is 32.4. The van der Waals surface area contributed by atoms with Crippen LogP contribution in [0.15, 0.2) is 35.5 Å². The molecule has 1 aliphatic heterocycles. The normalized spacial score (nSPS) is 26.4. The summed E-state index contributed by atoms with van der Waals surface area (Å²) in [4.78, 5) is 12.7. The molecule has 1 fully saturated rings. The molecule has 0 spiro atoms. The summed E-state index contributed by atoms with van der Waals surface area (Å²) in [5.74, 6) is 1.25. The van der Waals surface area contributed by atoms with Crippen molar-refractivity contribution in [3.8, 4) is 0 Å². The highest BCUT2D eigenvalue weighted by Gasteiger charge is 2.44. The van der Waals surface area contributed by atoms with Crippen LogP contribution in [0.25, 0.3) is 11.2 Å². The number of aliphatic hydroxyl groups is 3. The first-order valence-electron chi connectivity index (χ1n) is 7.75. The van der Waals surface area contributed by atoms with Gasteiger partial charge in [0.15, 0.2) is 23.2 Å². The number of anilines is 1. The quantitative estimate of drug-likeness (QED) is 0.487. The lowest BCUT2D eigenvalue weighted by Crippen LogP contribution is -2.33. The van der Waals surface area contributed by atoms with Gasteiger partial charge in [-0.05, 0) is 12.1 Å². The van der Waals surface area contributed by atoms with Crippen LogP contribution in [-0.4, -0.2) is 59.8 Å². The molecule has 3 aromatic heterocycles. The fourth-order valence-corrected chi connectivity index (χ4v) is 2.86. The van der Waals surface area contributed by atoms with Crippen molar-refractivity contribution in [2.45, 2.75) is 31.1 Å². The van der Waals surface area contributed by atoms with Gasteiger partial charge in [0.1, 0.15) is 30.4 Å². The van der Waals surface area contributed by atoms with Gasteiger partial charge < -0.3 is 29.8 Å². The van der Waals surface area contributed by atoms with Crippen LogP contribution >= 0.6 is 0 Å². The second-order valence-corrected chi connectivity index (χ2v) is 5.71. The van der Waals surface area contributed by atoms with Crippen LogP contribution in [0.5, 0.6) is 0 Å². The SMILES string of the molecule is OCC1OC(n2cnc3c(NCc4ccco4)ncnc32)C(O)C1O. The molecule has 0 saturated carbocycles. The van der Waals surface area contributed by atoms with E-state index in [4.69, 9.17) is 9.15 Å². The summed E-state index contributed by atoms with van der Waals surface area (Å²) in [7, 11) is 0. The predicted molar refractivity (Wildman–Crippen MR) is 84.4 cm³/mol. The number of hydrogen-bond donors (Lipinski definition) is 4. The van der Waals surface area contributed by atoms with Crippen molar-refractivity contribution < 1.29 is 24.5 Å². The Morgan fingerprint density at radius 1 is 1.20 bits per heavy atom. The standard InChI is InChI=1S/C15H17N5O5/c21-5-9-11(22)12(23)15(25-9)20-7-19-10-13(17-6-18-14(10)20)16-4-8-2-1-3-24-8/h1-3,6-7,9,11-12,15,21-23H,4-5H2,(H,16,17,18). The third-order valence-corrected chi connectivity index (χ3v) is 4.16. The maximum atomic E-state index is 10.2. The Kier molecular flexibility index (Phi) is 4.09. The Bertz CT molecular complexity index is 851. The molecule has 10 heteroatoms. The van der Waals surface area contributed by atoms with E-state index in [9.17, 15) is 15.3 Å². The topological polar surface area (TPSA) is 139 Å². The highest BCUT2D eigenvalue weighted by atomic mass is 16.6. The van der Waals surface area contributed by atoms with Crippen molar-refractivity contribution in [3.63, 3.8) is 0 Å². The first-order chi connectivity index (χ1) is 12.2. The van der Waals surface area contributed by atoms with E-state index in [1.165, 1.54) is 17.2 Å². The fourth-order valence-electron chi connectivity index (χ4n) is 2.86. The number of fused-ring (bicyclic) bond motifs is 1. The number of rotatable bonds is 5. The molecule has 10 nitrogen and oxygen atoms in total. The van der Waals surface area contributed by atoms with E-state index in [0.717, 1.165) is 5.76 Å². The molecular weight excluding hydrogens is 330 g/mol. The Morgan fingerprint density at radius 2 is 2.08 bits per heavy atom. The van der Waals surface area contributed by atoms with Gasteiger partial charge in [-0.3, -0.25) is 4.57 Å². The van der Waals surface area contributed by atoms with Gasteiger partial charge >= 0.3 is 0 Å². The van der Waals surface area contributed by atoms with Gasteiger partial charge in [0, 0.05) is 0 Å². The van der Waals surface area contributed by atoms with Crippen molar-refractivity contribution in [2.24, 2.45) is 0 Å². The van der Waals surface area contributed by atoms with Crippen LogP contribution in [0, 0.1) is 0 Å². The minimum Gasteiger partial charge on any atom is -0.467 e. The van der Waals surface area contributed by atoms with Crippen LogP contribution < -0.4 is 5.32 Å². The first kappa shape index (κ1) is 16.0.